The van der Waals surface area contributed by atoms with Crippen molar-refractivity contribution in [1.82, 2.24) is 0 Å². The molecular weight excluding hydrogens is 321 g/mol. The smallest absolute Gasteiger partial charge is 0.339 e. The number of hydrogen-bond donors (Lipinski definition) is 2. The summed E-state index contributed by atoms with van der Waals surface area (Å²) in [5.74, 6) is -2.10. The van der Waals surface area contributed by atoms with Crippen LogP contribution in [0.4, 0.5) is 10.1 Å². The number of anilines is 1. The summed E-state index contributed by atoms with van der Waals surface area (Å²) in [6.45, 7) is 0. The fourth-order valence-electron chi connectivity index (χ4n) is 1.66. The molecule has 0 aliphatic heterocycles. The van der Waals surface area contributed by atoms with Gasteiger partial charge in [0, 0.05) is 0 Å². The fourth-order valence-corrected chi connectivity index (χ4v) is 3.02. The Kier molecular flexibility index (Phi) is 4.15. The number of aromatic carboxylic acids is 1. The predicted octanol–water partition coefficient (Wildman–Crippen LogP) is 2.98. The van der Waals surface area contributed by atoms with Crippen LogP contribution in [0, 0.1) is 5.82 Å². The van der Waals surface area contributed by atoms with E-state index in [1.165, 1.54) is 30.3 Å². The van der Waals surface area contributed by atoms with Gasteiger partial charge in [0.05, 0.1) is 15.6 Å². The second kappa shape index (κ2) is 5.71. The first-order valence-corrected chi connectivity index (χ1v) is 7.47. The van der Waals surface area contributed by atoms with Crippen molar-refractivity contribution in [2.45, 2.75) is 4.90 Å². The van der Waals surface area contributed by atoms with Gasteiger partial charge in [-0.25, -0.2) is 17.6 Å². The molecular formula is C13H9ClFNO4S. The minimum absolute atomic E-state index is 0.109. The van der Waals surface area contributed by atoms with E-state index >= 15 is 0 Å². The Balaban J connectivity index is 2.47. The van der Waals surface area contributed by atoms with Gasteiger partial charge in [-0.05, 0) is 30.3 Å². The molecule has 2 rings (SSSR count). The lowest BCUT2D eigenvalue weighted by molar-refractivity contribution is 0.0698. The summed E-state index contributed by atoms with van der Waals surface area (Å²) in [5, 5.41) is 8.97. The number of nitrogens with one attached hydrogen (secondary N) is 1. The summed E-state index contributed by atoms with van der Waals surface area (Å²) < 4.78 is 39.4. The number of carbonyl (C=O) groups is 1. The minimum atomic E-state index is -4.12. The van der Waals surface area contributed by atoms with Crippen molar-refractivity contribution in [3.8, 4) is 0 Å². The van der Waals surface area contributed by atoms with Gasteiger partial charge >= 0.3 is 5.97 Å². The summed E-state index contributed by atoms with van der Waals surface area (Å²) in [6.07, 6.45) is 0. The van der Waals surface area contributed by atoms with E-state index in [-0.39, 0.29) is 21.2 Å². The molecule has 2 aromatic rings. The second-order valence-corrected chi connectivity index (χ2v) is 6.12. The Morgan fingerprint density at radius 1 is 1.19 bits per heavy atom. The van der Waals surface area contributed by atoms with Crippen molar-refractivity contribution in [3.05, 3.63) is 58.9 Å². The molecule has 0 saturated heterocycles. The number of hydrogen-bond acceptors (Lipinski definition) is 3. The molecule has 5 nitrogen and oxygen atoms in total. The van der Waals surface area contributed by atoms with Crippen molar-refractivity contribution >= 4 is 33.3 Å². The average molecular weight is 330 g/mol. The quantitative estimate of drug-likeness (QED) is 0.903. The van der Waals surface area contributed by atoms with E-state index < -0.39 is 21.8 Å². The van der Waals surface area contributed by atoms with Crippen molar-refractivity contribution < 1.29 is 22.7 Å². The highest BCUT2D eigenvalue weighted by atomic mass is 35.5. The Bertz CT molecular complexity index is 808. The Morgan fingerprint density at radius 2 is 1.86 bits per heavy atom. The lowest BCUT2D eigenvalue weighted by atomic mass is 10.2. The molecule has 0 fully saturated rings. The minimum Gasteiger partial charge on any atom is -0.478 e. The van der Waals surface area contributed by atoms with Gasteiger partial charge in [-0.2, -0.15) is 0 Å². The van der Waals surface area contributed by atoms with E-state index in [1.54, 1.807) is 0 Å². The number of sulfonamides is 1. The second-order valence-electron chi connectivity index (χ2n) is 4.03. The van der Waals surface area contributed by atoms with E-state index in [9.17, 15) is 17.6 Å². The van der Waals surface area contributed by atoms with Crippen molar-refractivity contribution in [3.63, 3.8) is 0 Å². The van der Waals surface area contributed by atoms with Gasteiger partial charge < -0.3 is 5.11 Å². The highest BCUT2D eigenvalue weighted by Crippen LogP contribution is 2.26. The summed E-state index contributed by atoms with van der Waals surface area (Å²) in [7, 11) is -4.12. The summed E-state index contributed by atoms with van der Waals surface area (Å²) >= 11 is 5.75. The third-order valence-electron chi connectivity index (χ3n) is 2.58. The van der Waals surface area contributed by atoms with Crippen molar-refractivity contribution in [1.29, 1.82) is 0 Å². The van der Waals surface area contributed by atoms with Crippen molar-refractivity contribution in [2.75, 3.05) is 4.72 Å². The van der Waals surface area contributed by atoms with Gasteiger partial charge in [0.25, 0.3) is 10.0 Å². The van der Waals surface area contributed by atoms with Crippen LogP contribution in [-0.2, 0) is 10.0 Å². The van der Waals surface area contributed by atoms with E-state index in [0.29, 0.717) is 0 Å². The lowest BCUT2D eigenvalue weighted by Crippen LogP contribution is -2.16. The zero-order chi connectivity index (χ0) is 15.6. The predicted molar refractivity (Wildman–Crippen MR) is 75.6 cm³/mol. The Hall–Kier alpha value is -2.12. The van der Waals surface area contributed by atoms with E-state index in [4.69, 9.17) is 16.7 Å². The normalized spacial score (nSPS) is 11.1. The van der Waals surface area contributed by atoms with Gasteiger partial charge in [-0.3, -0.25) is 4.72 Å². The van der Waals surface area contributed by atoms with Crippen LogP contribution in [0.3, 0.4) is 0 Å². The van der Waals surface area contributed by atoms with Crippen molar-refractivity contribution in [2.24, 2.45) is 0 Å². The number of halogens is 2. The van der Waals surface area contributed by atoms with Crippen LogP contribution in [0.2, 0.25) is 5.02 Å². The van der Waals surface area contributed by atoms with Gasteiger partial charge in [-0.15, -0.1) is 0 Å². The Labute approximate surface area is 125 Å². The van der Waals surface area contributed by atoms with Crippen LogP contribution >= 0.6 is 11.6 Å². The maximum absolute atomic E-state index is 13.1. The highest BCUT2D eigenvalue weighted by molar-refractivity contribution is 7.92. The molecule has 0 amide bonds. The number of rotatable bonds is 4. The zero-order valence-electron chi connectivity index (χ0n) is 10.4. The summed E-state index contributed by atoms with van der Waals surface area (Å²) in [5.41, 5.74) is -0.571. The molecule has 0 saturated carbocycles. The third-order valence-corrected chi connectivity index (χ3v) is 4.26. The van der Waals surface area contributed by atoms with E-state index in [1.807, 2.05) is 0 Å². The average Bonchev–Trinajstić information content (AvgIpc) is 2.37. The standard InChI is InChI=1S/C13H9ClFNO4S/c14-10-5-2-6-11(12(10)13(17)18)16-21(19,20)9-4-1-3-8(15)7-9/h1-7,16H,(H,17,18). The van der Waals surface area contributed by atoms with Crippen LogP contribution in [0.5, 0.6) is 0 Å². The molecule has 0 atom stereocenters. The largest absolute Gasteiger partial charge is 0.478 e. The molecule has 0 bridgehead atoms. The molecule has 8 heteroatoms. The van der Waals surface area contributed by atoms with Crippen LogP contribution in [0.15, 0.2) is 47.4 Å². The fraction of sp³-hybridized carbons (Fsp3) is 0. The molecule has 0 heterocycles. The van der Waals surface area contributed by atoms with Crippen LogP contribution in [-0.4, -0.2) is 19.5 Å². The lowest BCUT2D eigenvalue weighted by Gasteiger charge is -2.11. The van der Waals surface area contributed by atoms with Crippen LogP contribution in [0.1, 0.15) is 10.4 Å². The first-order chi connectivity index (χ1) is 9.81. The first kappa shape index (κ1) is 15.3. The molecule has 2 N–H and O–H groups in total. The number of carboxylic acid groups (broad SMARTS) is 1. The van der Waals surface area contributed by atoms with Gasteiger partial charge in [0.2, 0.25) is 0 Å². The molecule has 110 valence electrons. The van der Waals surface area contributed by atoms with Gasteiger partial charge in [0.1, 0.15) is 11.4 Å². The molecule has 0 radical (unpaired) electrons. The number of benzene rings is 2. The summed E-state index contributed by atoms with van der Waals surface area (Å²) in [6, 6.07) is 8.33. The molecule has 21 heavy (non-hydrogen) atoms. The third kappa shape index (κ3) is 3.32. The van der Waals surface area contributed by atoms with Gasteiger partial charge in [0.15, 0.2) is 0 Å². The highest BCUT2D eigenvalue weighted by Gasteiger charge is 2.20. The van der Waals surface area contributed by atoms with Crippen LogP contribution < -0.4 is 4.72 Å². The van der Waals surface area contributed by atoms with E-state index in [2.05, 4.69) is 4.72 Å². The topological polar surface area (TPSA) is 83.5 Å². The maximum Gasteiger partial charge on any atom is 0.339 e. The monoisotopic (exact) mass is 329 g/mol. The molecule has 2 aromatic carbocycles. The molecule has 0 spiro atoms. The summed E-state index contributed by atoms with van der Waals surface area (Å²) in [4.78, 5) is 10.8. The molecule has 0 aromatic heterocycles. The Morgan fingerprint density at radius 3 is 2.48 bits per heavy atom. The molecule has 0 aliphatic carbocycles. The maximum atomic E-state index is 13.1. The van der Waals surface area contributed by atoms with Crippen LogP contribution in [0.25, 0.3) is 0 Å². The zero-order valence-corrected chi connectivity index (χ0v) is 12.0. The van der Waals surface area contributed by atoms with Gasteiger partial charge in [-0.1, -0.05) is 23.7 Å². The molecule has 0 aliphatic rings. The number of carboxylic acids is 1. The SMILES string of the molecule is O=C(O)c1c(Cl)cccc1NS(=O)(=O)c1cccc(F)c1. The first-order valence-electron chi connectivity index (χ1n) is 5.61. The molecule has 0 unspecified atom stereocenters. The van der Waals surface area contributed by atoms with E-state index in [0.717, 1.165) is 12.1 Å².